The zero-order valence-corrected chi connectivity index (χ0v) is 13.3. The summed E-state index contributed by atoms with van der Waals surface area (Å²) in [5, 5.41) is 3.90. The number of nitrogens with one attached hydrogen (secondary N) is 1. The minimum atomic E-state index is 0.0488. The van der Waals surface area contributed by atoms with Crippen LogP contribution in [-0.2, 0) is 0 Å². The summed E-state index contributed by atoms with van der Waals surface area (Å²) in [4.78, 5) is 0. The van der Waals surface area contributed by atoms with E-state index in [1.54, 1.807) is 7.11 Å². The summed E-state index contributed by atoms with van der Waals surface area (Å²) < 4.78 is 11.0. The third-order valence-corrected chi connectivity index (χ3v) is 3.37. The Labute approximate surface area is 130 Å². The van der Waals surface area contributed by atoms with Gasteiger partial charge in [-0.25, -0.2) is 0 Å². The van der Waals surface area contributed by atoms with Crippen LogP contribution < -0.4 is 14.8 Å². The number of aryl methyl sites for hydroxylation is 1. The van der Waals surface area contributed by atoms with Crippen LogP contribution >= 0.6 is 11.6 Å². The number of rotatable bonds is 6. The highest BCUT2D eigenvalue weighted by atomic mass is 35.5. The molecule has 1 atom stereocenters. The molecule has 0 fully saturated rings. The first kappa shape index (κ1) is 15.5. The smallest absolute Gasteiger partial charge is 0.137 e. The molecule has 1 N–H and O–H groups in total. The summed E-state index contributed by atoms with van der Waals surface area (Å²) in [6.45, 7) is 4.77. The van der Waals surface area contributed by atoms with E-state index in [1.807, 2.05) is 43.3 Å². The van der Waals surface area contributed by atoms with Crippen LogP contribution in [0.4, 0.5) is 5.69 Å². The normalized spacial score (nSPS) is 11.8. The Kier molecular flexibility index (Phi) is 5.34. The first-order chi connectivity index (χ1) is 10.1. The van der Waals surface area contributed by atoms with Gasteiger partial charge in [0.25, 0.3) is 0 Å². The molecule has 0 saturated carbocycles. The fraction of sp³-hybridized carbons (Fsp3) is 0.294. The molecule has 2 aromatic carbocycles. The zero-order chi connectivity index (χ0) is 15.2. The highest BCUT2D eigenvalue weighted by Crippen LogP contribution is 2.27. The second kappa shape index (κ2) is 7.23. The maximum absolute atomic E-state index is 6.10. The van der Waals surface area contributed by atoms with Gasteiger partial charge in [0.2, 0.25) is 0 Å². The second-order valence-corrected chi connectivity index (χ2v) is 5.38. The Balaban J connectivity index is 1.89. The third-order valence-electron chi connectivity index (χ3n) is 3.07. The van der Waals surface area contributed by atoms with Gasteiger partial charge in [0.1, 0.15) is 17.6 Å². The van der Waals surface area contributed by atoms with Gasteiger partial charge in [-0.1, -0.05) is 23.7 Å². The molecule has 1 unspecified atom stereocenters. The van der Waals surface area contributed by atoms with Crippen molar-refractivity contribution in [2.45, 2.75) is 20.0 Å². The first-order valence-electron chi connectivity index (χ1n) is 6.89. The number of ether oxygens (including phenoxy) is 2. The van der Waals surface area contributed by atoms with Crippen molar-refractivity contribution >= 4 is 17.3 Å². The van der Waals surface area contributed by atoms with Gasteiger partial charge in [0.05, 0.1) is 18.7 Å². The van der Waals surface area contributed by atoms with Crippen molar-refractivity contribution in [3.05, 3.63) is 53.1 Å². The van der Waals surface area contributed by atoms with E-state index in [0.717, 1.165) is 11.4 Å². The summed E-state index contributed by atoms with van der Waals surface area (Å²) in [5.41, 5.74) is 2.13. The molecule has 0 saturated heterocycles. The molecular weight excluding hydrogens is 286 g/mol. The van der Waals surface area contributed by atoms with E-state index < -0.39 is 0 Å². The van der Waals surface area contributed by atoms with Gasteiger partial charge in [-0.3, -0.25) is 0 Å². The summed E-state index contributed by atoms with van der Waals surface area (Å²) in [6, 6.07) is 13.7. The zero-order valence-electron chi connectivity index (χ0n) is 12.5. The topological polar surface area (TPSA) is 30.5 Å². The van der Waals surface area contributed by atoms with E-state index >= 15 is 0 Å². The molecule has 0 aliphatic carbocycles. The average molecular weight is 306 g/mol. The predicted octanol–water partition coefficient (Wildman–Crippen LogP) is 4.54. The van der Waals surface area contributed by atoms with Gasteiger partial charge in [0.15, 0.2) is 0 Å². The first-order valence-corrected chi connectivity index (χ1v) is 7.27. The van der Waals surface area contributed by atoms with E-state index in [1.165, 1.54) is 5.56 Å². The van der Waals surface area contributed by atoms with Gasteiger partial charge in [-0.05, 0) is 49.7 Å². The lowest BCUT2D eigenvalue weighted by Gasteiger charge is -2.17. The van der Waals surface area contributed by atoms with E-state index in [2.05, 4.69) is 18.3 Å². The second-order valence-electron chi connectivity index (χ2n) is 4.98. The molecule has 0 bridgehead atoms. The minimum absolute atomic E-state index is 0.0488. The number of anilines is 1. The van der Waals surface area contributed by atoms with Crippen LogP contribution in [0.3, 0.4) is 0 Å². The molecule has 2 aromatic rings. The van der Waals surface area contributed by atoms with Crippen LogP contribution in [0.2, 0.25) is 5.02 Å². The lowest BCUT2D eigenvalue weighted by Crippen LogP contribution is -2.22. The van der Waals surface area contributed by atoms with Crippen molar-refractivity contribution < 1.29 is 9.47 Å². The molecule has 0 spiro atoms. The van der Waals surface area contributed by atoms with Crippen LogP contribution in [0.25, 0.3) is 0 Å². The highest BCUT2D eigenvalue weighted by molar-refractivity contribution is 6.32. The van der Waals surface area contributed by atoms with Crippen LogP contribution in [0.15, 0.2) is 42.5 Å². The molecule has 2 rings (SSSR count). The summed E-state index contributed by atoms with van der Waals surface area (Å²) in [6.07, 6.45) is 0.0488. The van der Waals surface area contributed by atoms with E-state index in [-0.39, 0.29) is 6.10 Å². The Morgan fingerprint density at radius 1 is 1.19 bits per heavy atom. The molecule has 0 aliphatic heterocycles. The number of methoxy groups -OCH3 is 1. The Morgan fingerprint density at radius 2 is 2.00 bits per heavy atom. The largest absolute Gasteiger partial charge is 0.495 e. The van der Waals surface area contributed by atoms with Gasteiger partial charge < -0.3 is 14.8 Å². The van der Waals surface area contributed by atoms with E-state index in [9.17, 15) is 0 Å². The third kappa shape index (κ3) is 4.57. The van der Waals surface area contributed by atoms with Gasteiger partial charge in [-0.15, -0.1) is 0 Å². The molecule has 112 valence electrons. The summed E-state index contributed by atoms with van der Waals surface area (Å²) >= 11 is 6.10. The molecule has 0 radical (unpaired) electrons. The Morgan fingerprint density at radius 3 is 2.67 bits per heavy atom. The SMILES string of the molecule is COc1ccc(NCC(C)Oc2cccc(C)c2)cc1Cl. The van der Waals surface area contributed by atoms with Crippen molar-refractivity contribution in [1.29, 1.82) is 0 Å². The van der Waals surface area contributed by atoms with Crippen LogP contribution in [0.5, 0.6) is 11.5 Å². The molecule has 21 heavy (non-hydrogen) atoms. The maximum atomic E-state index is 6.10. The highest BCUT2D eigenvalue weighted by Gasteiger charge is 2.06. The molecular formula is C17H20ClNO2. The quantitative estimate of drug-likeness (QED) is 0.850. The Hall–Kier alpha value is -1.87. The molecule has 0 amide bonds. The van der Waals surface area contributed by atoms with Crippen LogP contribution in [0.1, 0.15) is 12.5 Å². The van der Waals surface area contributed by atoms with E-state index in [4.69, 9.17) is 21.1 Å². The lowest BCUT2D eigenvalue weighted by molar-refractivity contribution is 0.234. The lowest BCUT2D eigenvalue weighted by atomic mass is 10.2. The van der Waals surface area contributed by atoms with Gasteiger partial charge >= 0.3 is 0 Å². The maximum Gasteiger partial charge on any atom is 0.137 e. The predicted molar refractivity (Wildman–Crippen MR) is 87.8 cm³/mol. The van der Waals surface area contributed by atoms with Crippen molar-refractivity contribution in [2.24, 2.45) is 0 Å². The van der Waals surface area contributed by atoms with Crippen LogP contribution in [0, 0.1) is 6.92 Å². The number of halogens is 1. The standard InChI is InChI=1S/C17H20ClNO2/c1-12-5-4-6-15(9-12)21-13(2)11-19-14-7-8-17(20-3)16(18)10-14/h4-10,13,19H,11H2,1-3H3. The molecule has 0 heterocycles. The van der Waals surface area contributed by atoms with Gasteiger partial charge in [0, 0.05) is 5.69 Å². The van der Waals surface area contributed by atoms with Crippen molar-refractivity contribution in [3.63, 3.8) is 0 Å². The average Bonchev–Trinajstić information content (AvgIpc) is 2.45. The van der Waals surface area contributed by atoms with Crippen molar-refractivity contribution in [3.8, 4) is 11.5 Å². The summed E-state index contributed by atoms with van der Waals surface area (Å²) in [5.74, 6) is 1.56. The monoisotopic (exact) mass is 305 g/mol. The fourth-order valence-electron chi connectivity index (χ4n) is 2.00. The van der Waals surface area contributed by atoms with Gasteiger partial charge in [-0.2, -0.15) is 0 Å². The van der Waals surface area contributed by atoms with Crippen molar-refractivity contribution in [1.82, 2.24) is 0 Å². The molecule has 0 aromatic heterocycles. The fourth-order valence-corrected chi connectivity index (χ4v) is 2.26. The number of hydrogen-bond acceptors (Lipinski definition) is 3. The number of benzene rings is 2. The van der Waals surface area contributed by atoms with Crippen LogP contribution in [-0.4, -0.2) is 19.8 Å². The molecule has 3 nitrogen and oxygen atoms in total. The minimum Gasteiger partial charge on any atom is -0.495 e. The van der Waals surface area contributed by atoms with Crippen molar-refractivity contribution in [2.75, 3.05) is 19.0 Å². The molecule has 0 aliphatic rings. The number of hydrogen-bond donors (Lipinski definition) is 1. The van der Waals surface area contributed by atoms with E-state index in [0.29, 0.717) is 17.3 Å². The Bertz CT molecular complexity index is 601. The summed E-state index contributed by atoms with van der Waals surface area (Å²) in [7, 11) is 1.60. The molecule has 4 heteroatoms.